The Balaban J connectivity index is 2.59. The molecule has 1 aromatic heterocycles. The minimum atomic E-state index is -1.22. The SMILES string of the molecule is CCCCC(=O)OC(OC(=O)On1c(O)ccc1O)C(C)C. The van der Waals surface area contributed by atoms with Crippen LogP contribution in [0.1, 0.15) is 40.0 Å². The maximum Gasteiger partial charge on any atom is 0.537 e. The Morgan fingerprint density at radius 2 is 1.77 bits per heavy atom. The van der Waals surface area contributed by atoms with E-state index in [1.807, 2.05) is 6.92 Å². The fourth-order valence-electron chi connectivity index (χ4n) is 1.49. The Kier molecular flexibility index (Phi) is 6.55. The van der Waals surface area contributed by atoms with Crippen LogP contribution in [0.2, 0.25) is 0 Å². The molecular weight excluding hydrogens is 294 g/mol. The molecule has 1 aromatic rings. The largest absolute Gasteiger partial charge is 0.537 e. The van der Waals surface area contributed by atoms with Gasteiger partial charge in [-0.1, -0.05) is 27.2 Å². The van der Waals surface area contributed by atoms with Gasteiger partial charge in [-0.3, -0.25) is 9.63 Å². The van der Waals surface area contributed by atoms with Crippen LogP contribution >= 0.6 is 0 Å². The average molecular weight is 315 g/mol. The van der Waals surface area contributed by atoms with Crippen LogP contribution < -0.4 is 4.84 Å². The number of hydrogen-bond donors (Lipinski definition) is 2. The second-order valence-electron chi connectivity index (χ2n) is 5.01. The molecule has 1 rings (SSSR count). The summed E-state index contributed by atoms with van der Waals surface area (Å²) < 4.78 is 10.5. The summed E-state index contributed by atoms with van der Waals surface area (Å²) in [5.74, 6) is -1.71. The number of nitrogens with zero attached hydrogens (tertiary/aromatic N) is 1. The molecule has 0 bridgehead atoms. The van der Waals surface area contributed by atoms with E-state index < -0.39 is 30.2 Å². The highest BCUT2D eigenvalue weighted by Gasteiger charge is 2.25. The van der Waals surface area contributed by atoms with E-state index in [0.29, 0.717) is 11.2 Å². The van der Waals surface area contributed by atoms with Crippen molar-refractivity contribution in [3.63, 3.8) is 0 Å². The van der Waals surface area contributed by atoms with Crippen molar-refractivity contribution in [1.29, 1.82) is 0 Å². The Bertz CT molecular complexity index is 490. The smallest absolute Gasteiger partial charge is 0.492 e. The third-order valence-corrected chi connectivity index (χ3v) is 2.70. The molecule has 1 unspecified atom stereocenters. The molecule has 0 saturated carbocycles. The fraction of sp³-hybridized carbons (Fsp3) is 0.571. The predicted octanol–water partition coefficient (Wildman–Crippen LogP) is 2.18. The number of carbonyl (C=O) groups excluding carboxylic acids is 2. The van der Waals surface area contributed by atoms with Crippen molar-refractivity contribution in [3.8, 4) is 11.8 Å². The van der Waals surface area contributed by atoms with Crippen LogP contribution in [-0.2, 0) is 14.3 Å². The highest BCUT2D eigenvalue weighted by molar-refractivity contribution is 5.69. The second kappa shape index (κ2) is 8.16. The molecule has 0 aliphatic rings. The van der Waals surface area contributed by atoms with E-state index in [9.17, 15) is 19.8 Å². The van der Waals surface area contributed by atoms with Crippen molar-refractivity contribution in [3.05, 3.63) is 12.1 Å². The lowest BCUT2D eigenvalue weighted by molar-refractivity contribution is -0.179. The van der Waals surface area contributed by atoms with Crippen LogP contribution in [0.15, 0.2) is 12.1 Å². The highest BCUT2D eigenvalue weighted by Crippen LogP contribution is 2.19. The monoisotopic (exact) mass is 315 g/mol. The molecule has 0 aliphatic heterocycles. The molecule has 8 nitrogen and oxygen atoms in total. The molecule has 0 aliphatic carbocycles. The van der Waals surface area contributed by atoms with Crippen LogP contribution in [0.5, 0.6) is 11.8 Å². The van der Waals surface area contributed by atoms with E-state index in [4.69, 9.17) is 9.47 Å². The van der Waals surface area contributed by atoms with Crippen molar-refractivity contribution in [2.24, 2.45) is 5.92 Å². The van der Waals surface area contributed by atoms with Gasteiger partial charge >= 0.3 is 12.1 Å². The number of unbranched alkanes of at least 4 members (excludes halogenated alkanes) is 1. The molecule has 1 atom stereocenters. The zero-order chi connectivity index (χ0) is 16.7. The van der Waals surface area contributed by atoms with Gasteiger partial charge in [-0.25, -0.2) is 4.79 Å². The first-order chi connectivity index (χ1) is 10.3. The van der Waals surface area contributed by atoms with Gasteiger partial charge in [0, 0.05) is 24.5 Å². The topological polar surface area (TPSA) is 107 Å². The number of hydrogen-bond acceptors (Lipinski definition) is 7. The summed E-state index contributed by atoms with van der Waals surface area (Å²) in [6.07, 6.45) is -0.576. The predicted molar refractivity (Wildman–Crippen MR) is 75.1 cm³/mol. The third kappa shape index (κ3) is 5.19. The van der Waals surface area contributed by atoms with Gasteiger partial charge in [-0.05, 0) is 6.42 Å². The van der Waals surface area contributed by atoms with Gasteiger partial charge in [0.05, 0.1) is 0 Å². The summed E-state index contributed by atoms with van der Waals surface area (Å²) in [6, 6.07) is 2.26. The van der Waals surface area contributed by atoms with E-state index in [2.05, 4.69) is 4.84 Å². The molecule has 0 aromatic carbocycles. The lowest BCUT2D eigenvalue weighted by Gasteiger charge is -2.20. The summed E-state index contributed by atoms with van der Waals surface area (Å²) in [4.78, 5) is 27.9. The molecule has 124 valence electrons. The van der Waals surface area contributed by atoms with Crippen molar-refractivity contribution in [1.82, 2.24) is 4.73 Å². The first kappa shape index (κ1) is 17.7. The molecular formula is C14H21NO7. The zero-order valence-corrected chi connectivity index (χ0v) is 12.8. The number of ether oxygens (including phenoxy) is 2. The van der Waals surface area contributed by atoms with Gasteiger partial charge in [-0.2, -0.15) is 0 Å². The third-order valence-electron chi connectivity index (χ3n) is 2.70. The van der Waals surface area contributed by atoms with Gasteiger partial charge in [0.15, 0.2) is 0 Å². The number of carbonyl (C=O) groups is 2. The normalized spacial score (nSPS) is 12.0. The summed E-state index contributed by atoms with van der Waals surface area (Å²) in [6.45, 7) is 5.35. The summed E-state index contributed by atoms with van der Waals surface area (Å²) in [5, 5.41) is 18.7. The van der Waals surface area contributed by atoms with E-state index in [1.54, 1.807) is 13.8 Å². The maximum atomic E-state index is 11.6. The summed E-state index contributed by atoms with van der Waals surface area (Å²) in [7, 11) is 0. The van der Waals surface area contributed by atoms with Crippen LogP contribution in [0.3, 0.4) is 0 Å². The Morgan fingerprint density at radius 3 is 2.27 bits per heavy atom. The number of aromatic nitrogens is 1. The lowest BCUT2D eigenvalue weighted by Crippen LogP contribution is -2.32. The molecule has 8 heteroatoms. The van der Waals surface area contributed by atoms with E-state index in [1.165, 1.54) is 0 Å². The molecule has 0 radical (unpaired) electrons. The second-order valence-corrected chi connectivity index (χ2v) is 5.01. The van der Waals surface area contributed by atoms with Gasteiger partial charge in [0.1, 0.15) is 0 Å². The van der Waals surface area contributed by atoms with Crippen molar-refractivity contribution >= 4 is 12.1 Å². The Labute approximate surface area is 128 Å². The molecule has 0 amide bonds. The minimum absolute atomic E-state index is 0.233. The molecule has 2 N–H and O–H groups in total. The zero-order valence-electron chi connectivity index (χ0n) is 12.8. The number of rotatable bonds is 7. The van der Waals surface area contributed by atoms with Crippen LogP contribution in [0.4, 0.5) is 4.79 Å². The molecule has 22 heavy (non-hydrogen) atoms. The van der Waals surface area contributed by atoms with Crippen LogP contribution in [0, 0.1) is 5.92 Å². The van der Waals surface area contributed by atoms with E-state index >= 15 is 0 Å². The van der Waals surface area contributed by atoms with Crippen LogP contribution in [-0.4, -0.2) is 33.4 Å². The van der Waals surface area contributed by atoms with E-state index in [-0.39, 0.29) is 12.3 Å². The lowest BCUT2D eigenvalue weighted by atomic mass is 10.2. The number of esters is 1. The van der Waals surface area contributed by atoms with E-state index in [0.717, 1.165) is 18.6 Å². The maximum absolute atomic E-state index is 11.6. The summed E-state index contributed by atoms with van der Waals surface area (Å²) in [5.41, 5.74) is 0. The minimum Gasteiger partial charge on any atom is -0.492 e. The Hall–Kier alpha value is -2.38. The van der Waals surface area contributed by atoms with Gasteiger partial charge in [-0.15, -0.1) is 4.73 Å². The number of aromatic hydroxyl groups is 2. The van der Waals surface area contributed by atoms with Crippen molar-refractivity contribution < 1.29 is 34.1 Å². The highest BCUT2D eigenvalue weighted by atomic mass is 16.9. The fourth-order valence-corrected chi connectivity index (χ4v) is 1.49. The standard InChI is InChI=1S/C14H21NO7/c1-4-5-6-12(18)20-13(9(2)3)21-14(19)22-15-10(16)7-8-11(15)17/h7-9,13,16-17H,4-6H2,1-3H3. The quantitative estimate of drug-likeness (QED) is 0.586. The van der Waals surface area contributed by atoms with Gasteiger partial charge < -0.3 is 19.7 Å². The molecule has 1 heterocycles. The van der Waals surface area contributed by atoms with Crippen molar-refractivity contribution in [2.45, 2.75) is 46.3 Å². The van der Waals surface area contributed by atoms with Gasteiger partial charge in [0.25, 0.3) is 6.29 Å². The Morgan fingerprint density at radius 1 is 1.18 bits per heavy atom. The van der Waals surface area contributed by atoms with Gasteiger partial charge in [0.2, 0.25) is 11.8 Å². The van der Waals surface area contributed by atoms with Crippen LogP contribution in [0.25, 0.3) is 0 Å². The molecule has 0 fully saturated rings. The first-order valence-corrected chi connectivity index (χ1v) is 7.03. The first-order valence-electron chi connectivity index (χ1n) is 7.03. The molecule has 0 spiro atoms. The van der Waals surface area contributed by atoms with Crippen molar-refractivity contribution in [2.75, 3.05) is 0 Å². The summed E-state index contributed by atoms with van der Waals surface area (Å²) >= 11 is 0. The molecule has 0 saturated heterocycles. The average Bonchev–Trinajstić information content (AvgIpc) is 2.76.